The molecule has 0 spiro atoms. The number of carbonyl (C=O) groups excluding carboxylic acids is 4. The van der Waals surface area contributed by atoms with Gasteiger partial charge in [0.25, 0.3) is 23.9 Å². The van der Waals surface area contributed by atoms with E-state index in [9.17, 15) is 19.2 Å². The summed E-state index contributed by atoms with van der Waals surface area (Å²) in [6.45, 7) is -0.549. The van der Waals surface area contributed by atoms with Gasteiger partial charge in [-0.15, -0.1) is 0 Å². The molecule has 1 saturated heterocycles. The number of hydrogen-bond acceptors (Lipinski definition) is 6. The molecule has 5 rings (SSSR count). The maximum Gasteiger partial charge on any atom is 0.369 e. The fourth-order valence-corrected chi connectivity index (χ4v) is 4.35. The van der Waals surface area contributed by atoms with E-state index in [4.69, 9.17) is 44.3 Å². The molecule has 2 aromatic carbocycles. The summed E-state index contributed by atoms with van der Waals surface area (Å²) >= 11 is 16.9. The first-order valence-corrected chi connectivity index (χ1v) is 10.6. The van der Waals surface area contributed by atoms with Crippen molar-refractivity contribution in [2.75, 3.05) is 6.61 Å². The number of imide groups is 1. The van der Waals surface area contributed by atoms with Gasteiger partial charge in [0.2, 0.25) is 3.79 Å². The van der Waals surface area contributed by atoms with Crippen molar-refractivity contribution in [1.82, 2.24) is 9.80 Å². The zero-order valence-electron chi connectivity index (χ0n) is 16.0. The second kappa shape index (κ2) is 7.37. The van der Waals surface area contributed by atoms with Crippen LogP contribution in [0.25, 0.3) is 0 Å². The van der Waals surface area contributed by atoms with E-state index in [-0.39, 0.29) is 11.1 Å². The predicted molar refractivity (Wildman–Crippen MR) is 112 cm³/mol. The molecule has 3 amide bonds. The highest BCUT2D eigenvalue weighted by Gasteiger charge is 2.62. The molecule has 0 aromatic heterocycles. The quantitative estimate of drug-likeness (QED) is 0.281. The number of halogens is 3. The third-order valence-electron chi connectivity index (χ3n) is 5.52. The van der Waals surface area contributed by atoms with E-state index in [2.05, 4.69) is 0 Å². The number of ether oxygens (including phenoxy) is 2. The van der Waals surface area contributed by atoms with Crippen LogP contribution >= 0.6 is 34.8 Å². The number of nitrogens with zero attached hydrogens (tertiary/aromatic N) is 2. The fraction of sp³-hybridized carbons (Fsp3) is 0.238. The fourth-order valence-electron chi connectivity index (χ4n) is 4.18. The summed E-state index contributed by atoms with van der Waals surface area (Å²) in [6, 6.07) is 11.2. The smallest absolute Gasteiger partial charge is 0.369 e. The van der Waals surface area contributed by atoms with E-state index in [1.165, 1.54) is 12.1 Å². The molecule has 3 atom stereocenters. The average Bonchev–Trinajstić information content (AvgIpc) is 3.01. The number of carbonyl (C=O) groups is 4. The minimum atomic E-state index is -1.84. The summed E-state index contributed by atoms with van der Waals surface area (Å²) in [5.41, 5.74) is 1.00. The van der Waals surface area contributed by atoms with E-state index >= 15 is 0 Å². The number of esters is 1. The topological polar surface area (TPSA) is 93.2 Å². The Kier molecular flexibility index (Phi) is 4.85. The maximum absolute atomic E-state index is 13.2. The lowest BCUT2D eigenvalue weighted by atomic mass is 9.85. The predicted octanol–water partition coefficient (Wildman–Crippen LogP) is 2.87. The van der Waals surface area contributed by atoms with Crippen LogP contribution in [-0.2, 0) is 14.3 Å². The van der Waals surface area contributed by atoms with Crippen molar-refractivity contribution in [2.45, 2.75) is 22.1 Å². The van der Waals surface area contributed by atoms with E-state index < -0.39 is 52.4 Å². The molecule has 32 heavy (non-hydrogen) atoms. The third-order valence-corrected chi connectivity index (χ3v) is 5.85. The van der Waals surface area contributed by atoms with Gasteiger partial charge in [0.05, 0.1) is 17.2 Å². The Hall–Kier alpha value is -2.81. The van der Waals surface area contributed by atoms with Crippen LogP contribution in [0.15, 0.2) is 48.5 Å². The lowest BCUT2D eigenvalue weighted by Gasteiger charge is -2.54. The van der Waals surface area contributed by atoms with Crippen molar-refractivity contribution in [1.29, 1.82) is 0 Å². The summed E-state index contributed by atoms with van der Waals surface area (Å²) in [7, 11) is 0. The summed E-state index contributed by atoms with van der Waals surface area (Å²) in [4.78, 5) is 53.8. The Morgan fingerprint density at radius 2 is 1.53 bits per heavy atom. The van der Waals surface area contributed by atoms with Crippen LogP contribution in [0.4, 0.5) is 0 Å². The standard InChI is InChI=1S/C21H13Cl3N2O6/c22-21(23,24)9-31-20(30)19-26-14(12-7-3-4-8-13(12)32-19)15(18(26)29)25-16(27)10-5-1-2-6-11(10)17(25)28/h1-8,14-15,19H,9H2. The lowest BCUT2D eigenvalue weighted by molar-refractivity contribution is -0.191. The number of β-lactam (4-membered cyclic amide) rings is 1. The van der Waals surface area contributed by atoms with Gasteiger partial charge >= 0.3 is 5.97 Å². The highest BCUT2D eigenvalue weighted by molar-refractivity contribution is 6.67. The Balaban J connectivity index is 1.50. The van der Waals surface area contributed by atoms with Gasteiger partial charge in [0.1, 0.15) is 18.4 Å². The van der Waals surface area contributed by atoms with Crippen molar-refractivity contribution in [3.05, 3.63) is 65.2 Å². The number of alkyl halides is 3. The molecule has 11 heteroatoms. The summed E-state index contributed by atoms with van der Waals surface area (Å²) < 4.78 is 8.87. The van der Waals surface area contributed by atoms with Gasteiger partial charge in [-0.05, 0) is 18.2 Å². The second-order valence-corrected chi connectivity index (χ2v) is 9.91. The molecule has 0 aliphatic carbocycles. The minimum absolute atomic E-state index is 0.225. The Morgan fingerprint density at radius 3 is 2.16 bits per heavy atom. The zero-order chi connectivity index (χ0) is 22.8. The third kappa shape index (κ3) is 3.13. The number of rotatable bonds is 3. The van der Waals surface area contributed by atoms with Crippen LogP contribution in [0.5, 0.6) is 5.75 Å². The molecule has 3 aliphatic rings. The van der Waals surface area contributed by atoms with Crippen LogP contribution in [0, 0.1) is 0 Å². The molecule has 8 nitrogen and oxygen atoms in total. The number of benzene rings is 2. The number of para-hydroxylation sites is 1. The lowest BCUT2D eigenvalue weighted by Crippen LogP contribution is -2.72. The van der Waals surface area contributed by atoms with E-state index in [1.54, 1.807) is 36.4 Å². The number of amides is 3. The van der Waals surface area contributed by atoms with Crippen LogP contribution in [0.3, 0.4) is 0 Å². The SMILES string of the molecule is O=C(OCC(Cl)(Cl)Cl)C1Oc2ccccc2C2C(N3C(=O)c4ccccc4C3=O)C(=O)N12. The molecule has 0 N–H and O–H groups in total. The molecule has 2 aromatic rings. The first kappa shape index (κ1) is 21.1. The van der Waals surface area contributed by atoms with Crippen molar-refractivity contribution in [2.24, 2.45) is 0 Å². The first-order chi connectivity index (χ1) is 15.2. The van der Waals surface area contributed by atoms with Crippen LogP contribution < -0.4 is 4.74 Å². The molecule has 0 radical (unpaired) electrons. The minimum Gasteiger partial charge on any atom is -0.459 e. The molecule has 3 aliphatic heterocycles. The highest BCUT2D eigenvalue weighted by Crippen LogP contribution is 2.48. The Bertz CT molecular complexity index is 1150. The summed E-state index contributed by atoms with van der Waals surface area (Å²) in [6.07, 6.45) is -1.46. The van der Waals surface area contributed by atoms with Gasteiger partial charge in [-0.25, -0.2) is 4.79 Å². The Labute approximate surface area is 196 Å². The molecular formula is C21H13Cl3N2O6. The molecular weight excluding hydrogens is 483 g/mol. The first-order valence-electron chi connectivity index (χ1n) is 9.47. The van der Waals surface area contributed by atoms with Gasteiger partial charge in [0.15, 0.2) is 0 Å². The monoisotopic (exact) mass is 494 g/mol. The average molecular weight is 496 g/mol. The number of fused-ring (bicyclic) bond motifs is 4. The van der Waals surface area contributed by atoms with Crippen LogP contribution in [0.2, 0.25) is 0 Å². The van der Waals surface area contributed by atoms with Crippen molar-refractivity contribution in [3.63, 3.8) is 0 Å². The van der Waals surface area contributed by atoms with Gasteiger partial charge in [-0.3, -0.25) is 24.2 Å². The Morgan fingerprint density at radius 1 is 0.938 bits per heavy atom. The van der Waals surface area contributed by atoms with Crippen molar-refractivity contribution in [3.8, 4) is 5.75 Å². The van der Waals surface area contributed by atoms with E-state index in [0.29, 0.717) is 11.3 Å². The van der Waals surface area contributed by atoms with Gasteiger partial charge in [0, 0.05) is 5.56 Å². The molecule has 0 bridgehead atoms. The van der Waals surface area contributed by atoms with Gasteiger partial charge < -0.3 is 9.47 Å². The number of hydrogen-bond donors (Lipinski definition) is 0. The largest absolute Gasteiger partial charge is 0.459 e. The molecule has 3 unspecified atom stereocenters. The summed E-state index contributed by atoms with van der Waals surface area (Å²) in [5, 5.41) is 0. The maximum atomic E-state index is 13.2. The molecule has 3 heterocycles. The van der Waals surface area contributed by atoms with E-state index in [0.717, 1.165) is 9.80 Å². The molecule has 1 fully saturated rings. The van der Waals surface area contributed by atoms with Crippen molar-refractivity contribution >= 4 is 58.5 Å². The van der Waals surface area contributed by atoms with E-state index in [1.807, 2.05) is 0 Å². The molecule has 0 saturated carbocycles. The van der Waals surface area contributed by atoms with Gasteiger partial charge in [-0.2, -0.15) is 0 Å². The van der Waals surface area contributed by atoms with Crippen molar-refractivity contribution < 1.29 is 28.7 Å². The highest BCUT2D eigenvalue weighted by atomic mass is 35.6. The normalized spacial score (nSPS) is 23.7. The van der Waals surface area contributed by atoms with Crippen LogP contribution in [-0.4, -0.2) is 56.2 Å². The van der Waals surface area contributed by atoms with Crippen LogP contribution in [0.1, 0.15) is 32.3 Å². The summed E-state index contributed by atoms with van der Waals surface area (Å²) in [5.74, 6) is -2.38. The van der Waals surface area contributed by atoms with Gasteiger partial charge in [-0.1, -0.05) is 65.1 Å². The second-order valence-electron chi connectivity index (χ2n) is 7.39. The molecule has 164 valence electrons. The zero-order valence-corrected chi connectivity index (χ0v) is 18.3.